The number of hydrogen-bond donors (Lipinski definition) is 6. The summed E-state index contributed by atoms with van der Waals surface area (Å²) >= 11 is 0. The third kappa shape index (κ3) is 6.32. The summed E-state index contributed by atoms with van der Waals surface area (Å²) in [6.07, 6.45) is -1.18. The number of nitro groups is 2. The molecule has 0 fully saturated rings. The van der Waals surface area contributed by atoms with Gasteiger partial charge in [-0.1, -0.05) is 12.1 Å². The maximum atomic E-state index is 14.2. The van der Waals surface area contributed by atoms with E-state index in [0.29, 0.717) is 23.4 Å². The Labute approximate surface area is 224 Å². The van der Waals surface area contributed by atoms with Gasteiger partial charge in [-0.05, 0) is 42.8 Å². The summed E-state index contributed by atoms with van der Waals surface area (Å²) in [6, 6.07) is 11.2. The van der Waals surface area contributed by atoms with E-state index in [-0.39, 0.29) is 33.9 Å². The summed E-state index contributed by atoms with van der Waals surface area (Å²) in [4.78, 5) is 31.6. The standard InChI is InChI=1S/C22H18F2N8O7S/c1-11-8-12(6-7-19(11)40(37,38)39)25-21-28-20(24)29-22(30-21)27-15-5-3-2-4-14(15)26-16-9-13(23)17(31(33)34)10-18(16)32(35)36/h2-10,26,37-39H,1H3,(H2,25,27,28,29,30). The number of para-hydroxylation sites is 2. The number of nitro benzene ring substituents is 2. The van der Waals surface area contributed by atoms with Crippen LogP contribution in [0.5, 0.6) is 0 Å². The van der Waals surface area contributed by atoms with Crippen molar-refractivity contribution in [1.29, 1.82) is 0 Å². The normalized spacial score (nSPS) is 11.6. The van der Waals surface area contributed by atoms with Crippen molar-refractivity contribution in [2.45, 2.75) is 11.8 Å². The van der Waals surface area contributed by atoms with Crippen LogP contribution < -0.4 is 16.0 Å². The molecule has 0 atom stereocenters. The fourth-order valence-corrected chi connectivity index (χ4v) is 4.28. The predicted molar refractivity (Wildman–Crippen MR) is 141 cm³/mol. The van der Waals surface area contributed by atoms with E-state index in [2.05, 4.69) is 30.9 Å². The van der Waals surface area contributed by atoms with E-state index in [0.717, 1.165) is 0 Å². The van der Waals surface area contributed by atoms with Gasteiger partial charge in [-0.15, -0.1) is 0 Å². The van der Waals surface area contributed by atoms with Gasteiger partial charge >= 0.3 is 11.8 Å². The van der Waals surface area contributed by atoms with Gasteiger partial charge in [0.1, 0.15) is 16.6 Å². The number of benzene rings is 3. The number of nitrogens with one attached hydrogen (secondary N) is 3. The first-order valence-corrected chi connectivity index (χ1v) is 12.4. The smallest absolute Gasteiger partial charge is 0.315 e. The van der Waals surface area contributed by atoms with Gasteiger partial charge < -0.3 is 29.6 Å². The molecule has 0 saturated carbocycles. The third-order valence-corrected chi connectivity index (χ3v) is 6.28. The lowest BCUT2D eigenvalue weighted by atomic mass is 10.2. The van der Waals surface area contributed by atoms with Crippen molar-refractivity contribution >= 4 is 56.9 Å². The lowest BCUT2D eigenvalue weighted by Crippen LogP contribution is -2.08. The SMILES string of the molecule is Cc1cc(Nc2nc(F)nc(Nc3ccccc3Nc3cc(F)c([N+](=O)[O-])cc3[N+](=O)[O-])n2)ccc1S(O)(O)O. The molecule has 6 N–H and O–H groups in total. The van der Waals surface area contributed by atoms with Crippen LogP contribution in [0.1, 0.15) is 5.56 Å². The second-order valence-electron chi connectivity index (χ2n) is 8.01. The van der Waals surface area contributed by atoms with Crippen LogP contribution in [0.4, 0.5) is 54.8 Å². The molecule has 4 rings (SSSR count). The first-order chi connectivity index (χ1) is 18.8. The van der Waals surface area contributed by atoms with Gasteiger partial charge in [0.2, 0.25) is 17.7 Å². The first-order valence-electron chi connectivity index (χ1n) is 10.9. The highest BCUT2D eigenvalue weighted by Gasteiger charge is 2.25. The zero-order valence-electron chi connectivity index (χ0n) is 20.1. The minimum atomic E-state index is -3.95. The molecular formula is C22H18F2N8O7S. The minimum absolute atomic E-state index is 0.0977. The summed E-state index contributed by atoms with van der Waals surface area (Å²) in [7, 11) is -3.95. The lowest BCUT2D eigenvalue weighted by molar-refractivity contribution is -0.395. The molecule has 15 nitrogen and oxygen atoms in total. The molecule has 0 aliphatic rings. The zero-order chi connectivity index (χ0) is 29.2. The number of anilines is 6. The van der Waals surface area contributed by atoms with Crippen molar-refractivity contribution in [1.82, 2.24) is 15.0 Å². The van der Waals surface area contributed by atoms with Crippen LogP contribution in [0.2, 0.25) is 0 Å². The molecule has 0 aliphatic carbocycles. The molecule has 4 aromatic rings. The largest absolute Gasteiger partial charge is 0.348 e. The number of nitrogens with zero attached hydrogens (tertiary/aromatic N) is 5. The van der Waals surface area contributed by atoms with Crippen LogP contribution in [0, 0.1) is 39.0 Å². The van der Waals surface area contributed by atoms with Crippen LogP contribution in [0.25, 0.3) is 0 Å². The van der Waals surface area contributed by atoms with Crippen molar-refractivity contribution in [3.63, 3.8) is 0 Å². The number of aryl methyl sites for hydroxylation is 1. The van der Waals surface area contributed by atoms with Crippen LogP contribution >= 0.6 is 10.9 Å². The third-order valence-electron chi connectivity index (χ3n) is 5.24. The van der Waals surface area contributed by atoms with E-state index in [1.54, 1.807) is 6.07 Å². The minimum Gasteiger partial charge on any atom is -0.348 e. The molecule has 3 aromatic carbocycles. The van der Waals surface area contributed by atoms with E-state index in [1.807, 2.05) is 0 Å². The van der Waals surface area contributed by atoms with Gasteiger partial charge in [0, 0.05) is 11.8 Å². The maximum absolute atomic E-state index is 14.2. The van der Waals surface area contributed by atoms with E-state index >= 15 is 0 Å². The number of rotatable bonds is 9. The quantitative estimate of drug-likeness (QED) is 0.0981. The Balaban J connectivity index is 1.62. The summed E-state index contributed by atoms with van der Waals surface area (Å²) in [5.41, 5.74) is -1.29. The van der Waals surface area contributed by atoms with Gasteiger partial charge in [-0.3, -0.25) is 20.2 Å². The van der Waals surface area contributed by atoms with Gasteiger partial charge in [0.05, 0.1) is 32.2 Å². The molecule has 0 radical (unpaired) electrons. The zero-order valence-corrected chi connectivity index (χ0v) is 20.9. The molecule has 18 heteroatoms. The topological polar surface area (TPSA) is 222 Å². The average Bonchev–Trinajstić information content (AvgIpc) is 2.84. The Morgan fingerprint density at radius 2 is 1.38 bits per heavy atom. The van der Waals surface area contributed by atoms with Crippen LogP contribution in [-0.4, -0.2) is 38.5 Å². The lowest BCUT2D eigenvalue weighted by Gasteiger charge is -2.21. The number of halogens is 2. The van der Waals surface area contributed by atoms with Gasteiger partial charge in [0.15, 0.2) is 0 Å². The molecule has 0 amide bonds. The molecule has 208 valence electrons. The Morgan fingerprint density at radius 3 is 1.95 bits per heavy atom. The maximum Gasteiger partial charge on any atom is 0.315 e. The molecule has 1 heterocycles. The second kappa shape index (κ2) is 11.0. The second-order valence-corrected chi connectivity index (χ2v) is 9.48. The van der Waals surface area contributed by atoms with E-state index in [1.165, 1.54) is 43.3 Å². The molecule has 0 aliphatic heterocycles. The molecule has 1 aromatic heterocycles. The molecule has 0 spiro atoms. The summed E-state index contributed by atoms with van der Waals surface area (Å²) in [5, 5.41) is 30.6. The van der Waals surface area contributed by atoms with Gasteiger partial charge in [-0.2, -0.15) is 23.7 Å². The fourth-order valence-electron chi connectivity index (χ4n) is 3.53. The molecule has 0 bridgehead atoms. The van der Waals surface area contributed by atoms with Crippen molar-refractivity contribution in [2.75, 3.05) is 16.0 Å². The molecular weight excluding hydrogens is 558 g/mol. The monoisotopic (exact) mass is 576 g/mol. The summed E-state index contributed by atoms with van der Waals surface area (Å²) < 4.78 is 56.9. The van der Waals surface area contributed by atoms with Crippen molar-refractivity contribution < 1.29 is 32.3 Å². The van der Waals surface area contributed by atoms with Crippen LogP contribution in [0.15, 0.2) is 59.5 Å². The molecule has 0 saturated heterocycles. The predicted octanol–water partition coefficient (Wildman–Crippen LogP) is 6.09. The average molecular weight is 576 g/mol. The highest BCUT2D eigenvalue weighted by atomic mass is 32.3. The number of aromatic nitrogens is 3. The Kier molecular flexibility index (Phi) is 7.68. The number of hydrogen-bond acceptors (Lipinski definition) is 13. The van der Waals surface area contributed by atoms with Gasteiger partial charge in [-0.25, -0.2) is 0 Å². The Hall–Kier alpha value is -5.04. The first kappa shape index (κ1) is 28.0. The van der Waals surface area contributed by atoms with Gasteiger partial charge in [0.25, 0.3) is 5.69 Å². The van der Waals surface area contributed by atoms with E-state index < -0.39 is 44.0 Å². The summed E-state index contributed by atoms with van der Waals surface area (Å²) in [5.74, 6) is -1.85. The van der Waals surface area contributed by atoms with Crippen molar-refractivity contribution in [3.8, 4) is 0 Å². The van der Waals surface area contributed by atoms with E-state index in [9.17, 15) is 42.7 Å². The Bertz CT molecular complexity index is 1640. The van der Waals surface area contributed by atoms with Crippen molar-refractivity contribution in [2.24, 2.45) is 0 Å². The highest BCUT2D eigenvalue weighted by molar-refractivity contribution is 8.19. The van der Waals surface area contributed by atoms with E-state index in [4.69, 9.17) is 0 Å². The molecule has 0 unspecified atom stereocenters. The highest BCUT2D eigenvalue weighted by Crippen LogP contribution is 2.46. The van der Waals surface area contributed by atoms with Crippen LogP contribution in [-0.2, 0) is 0 Å². The Morgan fingerprint density at radius 1 is 0.775 bits per heavy atom. The van der Waals surface area contributed by atoms with Crippen LogP contribution in [0.3, 0.4) is 0 Å². The van der Waals surface area contributed by atoms with Crippen molar-refractivity contribution in [3.05, 3.63) is 92.3 Å². The summed E-state index contributed by atoms with van der Waals surface area (Å²) in [6.45, 7) is 1.51. The molecule has 40 heavy (non-hydrogen) atoms. The fraction of sp³-hybridized carbons (Fsp3) is 0.0455.